The summed E-state index contributed by atoms with van der Waals surface area (Å²) in [7, 11) is -3.45. The van der Waals surface area contributed by atoms with Gasteiger partial charge in [0.05, 0.1) is 18.0 Å². The Bertz CT molecular complexity index is 725. The SMILES string of the molecule is C[C@H]1CCCN(S(=O)(=O)c2ccc(NC(=O)C[NH+]3CCCCCC3)cc2)C1. The van der Waals surface area contributed by atoms with Crippen molar-refractivity contribution < 1.29 is 18.1 Å². The lowest BCUT2D eigenvalue weighted by atomic mass is 10.0. The maximum atomic E-state index is 12.8. The highest BCUT2D eigenvalue weighted by Gasteiger charge is 2.28. The van der Waals surface area contributed by atoms with E-state index in [0.29, 0.717) is 36.1 Å². The van der Waals surface area contributed by atoms with Crippen molar-refractivity contribution >= 4 is 21.6 Å². The molecule has 2 aliphatic heterocycles. The van der Waals surface area contributed by atoms with E-state index in [9.17, 15) is 13.2 Å². The Morgan fingerprint density at radius 3 is 2.41 bits per heavy atom. The van der Waals surface area contributed by atoms with Crippen LogP contribution in [0.25, 0.3) is 0 Å². The minimum Gasteiger partial charge on any atom is -0.327 e. The molecule has 0 radical (unpaired) electrons. The van der Waals surface area contributed by atoms with E-state index in [2.05, 4.69) is 12.2 Å². The molecular formula is C20H32N3O3S+. The molecule has 6 nitrogen and oxygen atoms in total. The van der Waals surface area contributed by atoms with Gasteiger partial charge in [-0.2, -0.15) is 4.31 Å². The van der Waals surface area contributed by atoms with Gasteiger partial charge >= 0.3 is 0 Å². The second-order valence-corrected chi connectivity index (χ2v) is 9.96. The topological polar surface area (TPSA) is 70.9 Å². The third-order valence-corrected chi connectivity index (χ3v) is 7.50. The summed E-state index contributed by atoms with van der Waals surface area (Å²) in [5, 5.41) is 2.91. The summed E-state index contributed by atoms with van der Waals surface area (Å²) in [4.78, 5) is 13.9. The number of nitrogens with zero attached hydrogens (tertiary/aromatic N) is 1. The van der Waals surface area contributed by atoms with Gasteiger partial charge in [0.2, 0.25) is 10.0 Å². The molecule has 1 aromatic rings. The second kappa shape index (κ2) is 9.17. The fourth-order valence-electron chi connectivity index (χ4n) is 4.06. The fraction of sp³-hybridized carbons (Fsp3) is 0.650. The number of carbonyl (C=O) groups excluding carboxylic acids is 1. The normalized spacial score (nSPS) is 22.9. The first kappa shape index (κ1) is 20.3. The smallest absolute Gasteiger partial charge is 0.279 e. The molecule has 7 heteroatoms. The number of nitrogens with one attached hydrogen (secondary N) is 2. The lowest BCUT2D eigenvalue weighted by molar-refractivity contribution is -0.890. The molecule has 0 spiro atoms. The van der Waals surface area contributed by atoms with Gasteiger partial charge in [-0.1, -0.05) is 6.92 Å². The second-order valence-electron chi connectivity index (χ2n) is 8.02. The summed E-state index contributed by atoms with van der Waals surface area (Å²) in [5.41, 5.74) is 0.653. The molecule has 2 N–H and O–H groups in total. The van der Waals surface area contributed by atoms with Crippen molar-refractivity contribution in [3.8, 4) is 0 Å². The summed E-state index contributed by atoms with van der Waals surface area (Å²) >= 11 is 0. The van der Waals surface area contributed by atoms with E-state index in [0.717, 1.165) is 25.9 Å². The van der Waals surface area contributed by atoms with Crippen molar-refractivity contribution in [2.24, 2.45) is 5.92 Å². The predicted octanol–water partition coefficient (Wildman–Crippen LogP) is 1.50. The number of amides is 1. The highest BCUT2D eigenvalue weighted by Crippen LogP contribution is 2.24. The third kappa shape index (κ3) is 5.53. The largest absolute Gasteiger partial charge is 0.327 e. The van der Waals surface area contributed by atoms with E-state index < -0.39 is 10.0 Å². The van der Waals surface area contributed by atoms with Gasteiger partial charge in [-0.15, -0.1) is 0 Å². The Kier molecular flexibility index (Phi) is 6.89. The molecule has 0 bridgehead atoms. The lowest BCUT2D eigenvalue weighted by Gasteiger charge is -2.30. The van der Waals surface area contributed by atoms with E-state index in [1.807, 2.05) is 0 Å². The number of rotatable bonds is 5. The molecule has 2 aliphatic rings. The Balaban J connectivity index is 1.58. The van der Waals surface area contributed by atoms with Crippen LogP contribution in [0.15, 0.2) is 29.2 Å². The van der Waals surface area contributed by atoms with Gasteiger partial charge in [-0.05, 0) is 68.7 Å². The van der Waals surface area contributed by atoms with Crippen LogP contribution in [-0.2, 0) is 14.8 Å². The average Bonchev–Trinajstić information content (AvgIpc) is 2.91. The number of quaternary nitrogens is 1. The standard InChI is InChI=1S/C20H31N3O3S/c1-17-7-6-14-23(15-17)27(25,26)19-10-8-18(9-11-19)21-20(24)16-22-12-4-2-3-5-13-22/h8-11,17H,2-7,12-16H2,1H3,(H,21,24)/p+1/t17-/m0/s1. The van der Waals surface area contributed by atoms with E-state index in [1.54, 1.807) is 28.6 Å². The Morgan fingerprint density at radius 1 is 1.11 bits per heavy atom. The average molecular weight is 395 g/mol. The van der Waals surface area contributed by atoms with Gasteiger partial charge in [0.15, 0.2) is 6.54 Å². The summed E-state index contributed by atoms with van der Waals surface area (Å²) in [6.45, 7) is 5.85. The fourth-order valence-corrected chi connectivity index (χ4v) is 5.66. The van der Waals surface area contributed by atoms with Crippen LogP contribution in [0.1, 0.15) is 45.4 Å². The van der Waals surface area contributed by atoms with Crippen LogP contribution in [-0.4, -0.2) is 51.4 Å². The zero-order chi connectivity index (χ0) is 19.3. The number of anilines is 1. The van der Waals surface area contributed by atoms with Crippen molar-refractivity contribution in [3.63, 3.8) is 0 Å². The van der Waals surface area contributed by atoms with Crippen molar-refractivity contribution in [2.45, 2.75) is 50.3 Å². The minimum absolute atomic E-state index is 0.00707. The molecule has 0 aromatic heterocycles. The van der Waals surface area contributed by atoms with Gasteiger partial charge in [0.1, 0.15) is 0 Å². The lowest BCUT2D eigenvalue weighted by Crippen LogP contribution is -3.12. The van der Waals surface area contributed by atoms with Crippen LogP contribution in [0, 0.1) is 5.92 Å². The number of likely N-dealkylation sites (tertiary alicyclic amines) is 1. The molecule has 2 heterocycles. The molecule has 1 amide bonds. The molecule has 150 valence electrons. The Hall–Kier alpha value is -1.44. The molecule has 0 aliphatic carbocycles. The molecule has 2 saturated heterocycles. The Labute approximate surface area is 163 Å². The van der Waals surface area contributed by atoms with Crippen LogP contribution in [0.2, 0.25) is 0 Å². The van der Waals surface area contributed by atoms with Crippen molar-refractivity contribution in [2.75, 3.05) is 38.0 Å². The molecule has 3 rings (SSSR count). The summed E-state index contributed by atoms with van der Waals surface area (Å²) in [6, 6.07) is 6.58. The van der Waals surface area contributed by atoms with E-state index in [1.165, 1.54) is 30.6 Å². The van der Waals surface area contributed by atoms with Gasteiger partial charge in [0, 0.05) is 18.8 Å². The van der Waals surface area contributed by atoms with Gasteiger partial charge in [-0.25, -0.2) is 8.42 Å². The van der Waals surface area contributed by atoms with E-state index in [4.69, 9.17) is 0 Å². The molecular weight excluding hydrogens is 362 g/mol. The van der Waals surface area contributed by atoms with Crippen molar-refractivity contribution in [1.29, 1.82) is 0 Å². The van der Waals surface area contributed by atoms with Gasteiger partial charge in [0.25, 0.3) is 5.91 Å². The van der Waals surface area contributed by atoms with E-state index in [-0.39, 0.29) is 5.91 Å². The molecule has 27 heavy (non-hydrogen) atoms. The quantitative estimate of drug-likeness (QED) is 0.795. The molecule has 0 saturated carbocycles. The number of hydrogen-bond donors (Lipinski definition) is 2. The zero-order valence-corrected chi connectivity index (χ0v) is 17.1. The number of sulfonamides is 1. The van der Waals surface area contributed by atoms with Crippen LogP contribution in [0.4, 0.5) is 5.69 Å². The van der Waals surface area contributed by atoms with Gasteiger partial charge in [-0.3, -0.25) is 4.79 Å². The highest BCUT2D eigenvalue weighted by molar-refractivity contribution is 7.89. The number of carbonyl (C=O) groups is 1. The molecule has 1 aromatic carbocycles. The summed E-state index contributed by atoms with van der Waals surface area (Å²) < 4.78 is 27.2. The first-order valence-electron chi connectivity index (χ1n) is 10.2. The third-order valence-electron chi connectivity index (χ3n) is 5.62. The van der Waals surface area contributed by atoms with Crippen LogP contribution in [0.3, 0.4) is 0 Å². The molecule has 2 fully saturated rings. The minimum atomic E-state index is -3.45. The van der Waals surface area contributed by atoms with E-state index >= 15 is 0 Å². The first-order valence-corrected chi connectivity index (χ1v) is 11.6. The number of piperidine rings is 1. The first-order chi connectivity index (χ1) is 12.9. The summed E-state index contributed by atoms with van der Waals surface area (Å²) in [5.74, 6) is 0.390. The van der Waals surface area contributed by atoms with Gasteiger partial charge < -0.3 is 10.2 Å². The summed E-state index contributed by atoms with van der Waals surface area (Å²) in [6.07, 6.45) is 6.88. The van der Waals surface area contributed by atoms with Crippen molar-refractivity contribution in [1.82, 2.24) is 4.31 Å². The highest BCUT2D eigenvalue weighted by atomic mass is 32.2. The monoisotopic (exact) mass is 394 g/mol. The maximum Gasteiger partial charge on any atom is 0.279 e. The molecule has 1 atom stereocenters. The zero-order valence-electron chi connectivity index (χ0n) is 16.2. The number of benzene rings is 1. The predicted molar refractivity (Wildman–Crippen MR) is 106 cm³/mol. The van der Waals surface area contributed by atoms with Crippen LogP contribution < -0.4 is 10.2 Å². The van der Waals surface area contributed by atoms with Crippen molar-refractivity contribution in [3.05, 3.63) is 24.3 Å². The Morgan fingerprint density at radius 2 is 1.78 bits per heavy atom. The van der Waals surface area contributed by atoms with Crippen LogP contribution >= 0.6 is 0 Å². The molecule has 0 unspecified atom stereocenters. The van der Waals surface area contributed by atoms with Crippen LogP contribution in [0.5, 0.6) is 0 Å². The maximum absolute atomic E-state index is 12.8. The number of hydrogen-bond acceptors (Lipinski definition) is 3.